The van der Waals surface area contributed by atoms with Crippen LogP contribution in [0.4, 0.5) is 4.39 Å². The van der Waals surface area contributed by atoms with Crippen LogP contribution in [0.3, 0.4) is 0 Å². The summed E-state index contributed by atoms with van der Waals surface area (Å²) in [5, 5.41) is 9.18. The molecule has 1 aromatic carbocycles. The van der Waals surface area contributed by atoms with Crippen molar-refractivity contribution in [2.75, 3.05) is 19.7 Å². The molecule has 1 aliphatic heterocycles. The minimum Gasteiger partial charge on any atom is -0.508 e. The van der Waals surface area contributed by atoms with Gasteiger partial charge in [0.25, 0.3) is 5.91 Å². The van der Waals surface area contributed by atoms with E-state index in [2.05, 4.69) is 0 Å². The molecule has 1 fully saturated rings. The first-order valence-corrected chi connectivity index (χ1v) is 6.97. The molecule has 1 saturated heterocycles. The lowest BCUT2D eigenvalue weighted by Gasteiger charge is -2.31. The Morgan fingerprint density at radius 3 is 2.90 bits per heavy atom. The Hall–Kier alpha value is -2.11. The van der Waals surface area contributed by atoms with Gasteiger partial charge in [-0.1, -0.05) is 0 Å². The molecule has 1 aromatic rings. The normalized spacial score (nSPS) is 18.4. The van der Waals surface area contributed by atoms with E-state index in [0.29, 0.717) is 26.0 Å². The van der Waals surface area contributed by atoms with Crippen LogP contribution < -0.4 is 0 Å². The Bertz CT molecular complexity index is 546. The number of hydrogen-bond acceptors (Lipinski definition) is 4. The van der Waals surface area contributed by atoms with Gasteiger partial charge in [-0.3, -0.25) is 9.59 Å². The van der Waals surface area contributed by atoms with E-state index in [0.717, 1.165) is 6.07 Å². The highest BCUT2D eigenvalue weighted by molar-refractivity contribution is 5.95. The molecule has 114 valence electrons. The molecule has 0 saturated carbocycles. The number of benzene rings is 1. The zero-order valence-electron chi connectivity index (χ0n) is 11.8. The lowest BCUT2D eigenvalue weighted by molar-refractivity contribution is -0.149. The number of carbonyl (C=O) groups is 2. The Morgan fingerprint density at radius 1 is 1.48 bits per heavy atom. The summed E-state index contributed by atoms with van der Waals surface area (Å²) in [6.07, 6.45) is 1.34. The van der Waals surface area contributed by atoms with Crippen molar-refractivity contribution in [1.29, 1.82) is 0 Å². The number of likely N-dealkylation sites (tertiary alicyclic amines) is 1. The Morgan fingerprint density at radius 2 is 2.24 bits per heavy atom. The SMILES string of the molecule is CCOC(=O)[C@H]1CCCN(C(=O)c2ccc(O)cc2F)C1. The second-order valence-corrected chi connectivity index (χ2v) is 5.01. The first kappa shape index (κ1) is 15.3. The summed E-state index contributed by atoms with van der Waals surface area (Å²) in [5.41, 5.74) is -0.0997. The summed E-state index contributed by atoms with van der Waals surface area (Å²) in [4.78, 5) is 25.5. The van der Waals surface area contributed by atoms with Gasteiger partial charge >= 0.3 is 5.97 Å². The number of aromatic hydroxyl groups is 1. The molecule has 0 bridgehead atoms. The molecule has 1 atom stereocenters. The van der Waals surface area contributed by atoms with Gasteiger partial charge in [-0.2, -0.15) is 0 Å². The number of nitrogens with zero attached hydrogens (tertiary/aromatic N) is 1. The van der Waals surface area contributed by atoms with Crippen molar-refractivity contribution >= 4 is 11.9 Å². The van der Waals surface area contributed by atoms with E-state index in [1.54, 1.807) is 6.92 Å². The minimum atomic E-state index is -0.766. The van der Waals surface area contributed by atoms with Gasteiger partial charge in [-0.15, -0.1) is 0 Å². The van der Waals surface area contributed by atoms with Crippen molar-refractivity contribution in [2.24, 2.45) is 5.92 Å². The largest absolute Gasteiger partial charge is 0.508 e. The Kier molecular flexibility index (Phi) is 4.77. The van der Waals surface area contributed by atoms with Gasteiger partial charge in [-0.25, -0.2) is 4.39 Å². The summed E-state index contributed by atoms with van der Waals surface area (Å²) in [7, 11) is 0. The van der Waals surface area contributed by atoms with Crippen molar-refractivity contribution in [3.63, 3.8) is 0 Å². The molecule has 0 aliphatic carbocycles. The van der Waals surface area contributed by atoms with E-state index < -0.39 is 11.7 Å². The van der Waals surface area contributed by atoms with Crippen LogP contribution in [0.25, 0.3) is 0 Å². The van der Waals surface area contributed by atoms with E-state index >= 15 is 0 Å². The fraction of sp³-hybridized carbons (Fsp3) is 0.467. The fourth-order valence-corrected chi connectivity index (χ4v) is 2.46. The Labute approximate surface area is 122 Å². The summed E-state index contributed by atoms with van der Waals surface area (Å²) in [6, 6.07) is 3.42. The molecule has 0 radical (unpaired) electrons. The first-order valence-electron chi connectivity index (χ1n) is 6.97. The number of halogens is 1. The van der Waals surface area contributed by atoms with Gasteiger partial charge in [0.15, 0.2) is 0 Å². The molecule has 5 nitrogen and oxygen atoms in total. The van der Waals surface area contributed by atoms with E-state index in [9.17, 15) is 19.1 Å². The van der Waals surface area contributed by atoms with Crippen molar-refractivity contribution < 1.29 is 23.8 Å². The van der Waals surface area contributed by atoms with E-state index in [1.807, 2.05) is 0 Å². The molecule has 0 unspecified atom stereocenters. The van der Waals surface area contributed by atoms with Gasteiger partial charge in [0.2, 0.25) is 0 Å². The average Bonchev–Trinajstić information content (AvgIpc) is 2.47. The number of esters is 1. The predicted octanol–water partition coefficient (Wildman–Crippen LogP) is 1.95. The van der Waals surface area contributed by atoms with Crippen LogP contribution in [0.1, 0.15) is 30.1 Å². The summed E-state index contributed by atoms with van der Waals surface area (Å²) in [5.74, 6) is -2.14. The van der Waals surface area contributed by atoms with Crippen LogP contribution in [-0.2, 0) is 9.53 Å². The number of ether oxygens (including phenoxy) is 1. The quantitative estimate of drug-likeness (QED) is 0.865. The number of hydrogen-bond donors (Lipinski definition) is 1. The smallest absolute Gasteiger partial charge is 0.310 e. The summed E-state index contributed by atoms with van der Waals surface area (Å²) < 4.78 is 18.7. The second-order valence-electron chi connectivity index (χ2n) is 5.01. The maximum Gasteiger partial charge on any atom is 0.310 e. The molecule has 21 heavy (non-hydrogen) atoms. The third-order valence-corrected chi connectivity index (χ3v) is 3.51. The molecule has 1 amide bonds. The molecular formula is C15H18FNO4. The third kappa shape index (κ3) is 3.51. The van der Waals surface area contributed by atoms with Gasteiger partial charge in [0, 0.05) is 19.2 Å². The van der Waals surface area contributed by atoms with Crippen LogP contribution in [0, 0.1) is 11.7 Å². The van der Waals surface area contributed by atoms with Gasteiger partial charge < -0.3 is 14.7 Å². The van der Waals surface area contributed by atoms with Gasteiger partial charge in [0.05, 0.1) is 18.1 Å². The van der Waals surface area contributed by atoms with Crippen molar-refractivity contribution in [3.05, 3.63) is 29.6 Å². The van der Waals surface area contributed by atoms with Crippen molar-refractivity contribution in [2.45, 2.75) is 19.8 Å². The number of rotatable bonds is 3. The predicted molar refractivity (Wildman–Crippen MR) is 73.3 cm³/mol. The fourth-order valence-electron chi connectivity index (χ4n) is 2.46. The highest BCUT2D eigenvalue weighted by Crippen LogP contribution is 2.22. The number of carbonyl (C=O) groups excluding carboxylic acids is 2. The molecule has 2 rings (SSSR count). The topological polar surface area (TPSA) is 66.8 Å². The molecule has 1 heterocycles. The highest BCUT2D eigenvalue weighted by Gasteiger charge is 2.30. The maximum atomic E-state index is 13.7. The van der Waals surface area contributed by atoms with Crippen molar-refractivity contribution in [3.8, 4) is 5.75 Å². The van der Waals surface area contributed by atoms with Crippen molar-refractivity contribution in [1.82, 2.24) is 4.90 Å². The maximum absolute atomic E-state index is 13.7. The van der Waals surface area contributed by atoms with Crippen LogP contribution in [0.2, 0.25) is 0 Å². The first-order chi connectivity index (χ1) is 10.0. The van der Waals surface area contributed by atoms with E-state index in [4.69, 9.17) is 4.74 Å². The summed E-state index contributed by atoms with van der Waals surface area (Å²) >= 11 is 0. The molecule has 0 aromatic heterocycles. The standard InChI is InChI=1S/C15H18FNO4/c1-2-21-15(20)10-4-3-7-17(9-10)14(19)12-6-5-11(18)8-13(12)16/h5-6,8,10,18H,2-4,7,9H2,1H3/t10-/m0/s1. The van der Waals surface area contributed by atoms with Crippen LogP contribution in [-0.4, -0.2) is 41.6 Å². The lowest BCUT2D eigenvalue weighted by Crippen LogP contribution is -2.43. The minimum absolute atomic E-state index is 0.0997. The van der Waals surface area contributed by atoms with Crippen LogP contribution in [0.5, 0.6) is 5.75 Å². The number of phenols is 1. The van der Waals surface area contributed by atoms with Crippen LogP contribution in [0.15, 0.2) is 18.2 Å². The zero-order chi connectivity index (χ0) is 15.4. The monoisotopic (exact) mass is 295 g/mol. The lowest BCUT2D eigenvalue weighted by atomic mass is 9.97. The Balaban J connectivity index is 2.10. The van der Waals surface area contributed by atoms with Crippen LogP contribution >= 0.6 is 0 Å². The zero-order valence-corrected chi connectivity index (χ0v) is 11.8. The molecule has 0 spiro atoms. The highest BCUT2D eigenvalue weighted by atomic mass is 19.1. The number of piperidine rings is 1. The van der Waals surface area contributed by atoms with Gasteiger partial charge in [0.1, 0.15) is 11.6 Å². The molecule has 6 heteroatoms. The molecule has 1 aliphatic rings. The van der Waals surface area contributed by atoms with E-state index in [1.165, 1.54) is 17.0 Å². The van der Waals surface area contributed by atoms with Gasteiger partial charge in [-0.05, 0) is 31.9 Å². The number of amides is 1. The average molecular weight is 295 g/mol. The molecular weight excluding hydrogens is 277 g/mol. The molecule has 1 N–H and O–H groups in total. The third-order valence-electron chi connectivity index (χ3n) is 3.51. The number of phenolic OH excluding ortho intramolecular Hbond substituents is 1. The second kappa shape index (κ2) is 6.56. The van der Waals surface area contributed by atoms with E-state index in [-0.39, 0.29) is 29.7 Å². The summed E-state index contributed by atoms with van der Waals surface area (Å²) in [6.45, 7) is 2.75.